The Kier molecular flexibility index (Phi) is 2.14. The quantitative estimate of drug-likeness (QED) is 0.370. The first-order chi connectivity index (χ1) is 5.37. The molecule has 0 aromatic heterocycles. The minimum absolute atomic E-state index is 0.294. The van der Waals surface area contributed by atoms with Crippen LogP contribution in [0.5, 0.6) is 0 Å². The molecule has 0 aliphatic carbocycles. The number of nitrogens with zero attached hydrogens (tertiary/aromatic N) is 1. The van der Waals surface area contributed by atoms with Crippen LogP contribution in [0.15, 0.2) is 5.16 Å². The van der Waals surface area contributed by atoms with Gasteiger partial charge in [0, 0.05) is 0 Å². The van der Waals surface area contributed by atoms with Gasteiger partial charge in [-0.1, -0.05) is 5.16 Å². The molecule has 0 bridgehead atoms. The largest absolute Gasteiger partial charge is 0.411 e. The van der Waals surface area contributed by atoms with Gasteiger partial charge >= 0.3 is 0 Å². The second-order valence-electron chi connectivity index (χ2n) is 3.91. The van der Waals surface area contributed by atoms with Gasteiger partial charge in [-0.25, -0.2) is 0 Å². The van der Waals surface area contributed by atoms with Crippen molar-refractivity contribution in [2.45, 2.75) is 45.2 Å². The lowest BCUT2D eigenvalue weighted by Crippen LogP contribution is -2.34. The van der Waals surface area contributed by atoms with Crippen LogP contribution in [0.1, 0.15) is 27.7 Å². The first-order valence-electron chi connectivity index (χ1n) is 3.93. The monoisotopic (exact) mass is 173 g/mol. The van der Waals surface area contributed by atoms with Crippen molar-refractivity contribution in [2.75, 3.05) is 0 Å². The van der Waals surface area contributed by atoms with Crippen molar-refractivity contribution in [3.63, 3.8) is 0 Å². The van der Waals surface area contributed by atoms with Crippen LogP contribution in [0.2, 0.25) is 0 Å². The van der Waals surface area contributed by atoms with Crippen molar-refractivity contribution in [1.29, 1.82) is 0 Å². The van der Waals surface area contributed by atoms with Gasteiger partial charge in [0.1, 0.15) is 6.10 Å². The topological polar surface area (TPSA) is 51.0 Å². The lowest BCUT2D eigenvalue weighted by Gasteiger charge is -2.21. The first kappa shape index (κ1) is 9.48. The number of oxime groups is 1. The average molecular weight is 173 g/mol. The first-order valence-corrected chi connectivity index (χ1v) is 3.93. The maximum absolute atomic E-state index is 8.36. The predicted molar refractivity (Wildman–Crippen MR) is 44.4 cm³/mol. The molecule has 0 spiro atoms. The molecule has 1 N–H and O–H groups in total. The molecule has 0 aromatic carbocycles. The zero-order chi connectivity index (χ0) is 9.41. The van der Waals surface area contributed by atoms with Crippen molar-refractivity contribution in [1.82, 2.24) is 0 Å². The van der Waals surface area contributed by atoms with Gasteiger partial charge < -0.3 is 14.7 Å². The normalized spacial score (nSPS) is 32.8. The molecular weight excluding hydrogens is 158 g/mol. The fraction of sp³-hybridized carbons (Fsp3) is 0.875. The van der Waals surface area contributed by atoms with E-state index >= 15 is 0 Å². The van der Waals surface area contributed by atoms with E-state index in [0.29, 0.717) is 0 Å². The van der Waals surface area contributed by atoms with Gasteiger partial charge in [0.2, 0.25) is 0 Å². The standard InChI is InChI=1S/C8H15NO3/c1-7(2)6(5-9-10)11-8(3,4)12-7/h5-6,10H,1-4H3. The van der Waals surface area contributed by atoms with Crippen molar-refractivity contribution in [3.8, 4) is 0 Å². The van der Waals surface area contributed by atoms with Gasteiger partial charge in [0.15, 0.2) is 5.79 Å². The van der Waals surface area contributed by atoms with Crippen molar-refractivity contribution in [3.05, 3.63) is 0 Å². The van der Waals surface area contributed by atoms with Crippen LogP contribution in [0.25, 0.3) is 0 Å². The lowest BCUT2D eigenvalue weighted by molar-refractivity contribution is -0.155. The number of hydrogen-bond acceptors (Lipinski definition) is 4. The Morgan fingerprint density at radius 1 is 1.33 bits per heavy atom. The number of ether oxygens (including phenoxy) is 2. The van der Waals surface area contributed by atoms with E-state index in [9.17, 15) is 0 Å². The zero-order valence-corrected chi connectivity index (χ0v) is 7.87. The van der Waals surface area contributed by atoms with Crippen LogP contribution in [0, 0.1) is 0 Å². The van der Waals surface area contributed by atoms with Gasteiger partial charge in [-0.05, 0) is 27.7 Å². The molecule has 4 nitrogen and oxygen atoms in total. The highest BCUT2D eigenvalue weighted by atomic mass is 16.8. The molecule has 12 heavy (non-hydrogen) atoms. The maximum Gasteiger partial charge on any atom is 0.164 e. The van der Waals surface area contributed by atoms with Crippen LogP contribution >= 0.6 is 0 Å². The molecule has 1 aliphatic heterocycles. The van der Waals surface area contributed by atoms with Crippen LogP contribution in [-0.4, -0.2) is 28.9 Å². The van der Waals surface area contributed by atoms with Gasteiger partial charge in [-0.15, -0.1) is 0 Å². The van der Waals surface area contributed by atoms with E-state index in [-0.39, 0.29) is 6.10 Å². The molecule has 1 aliphatic rings. The summed E-state index contributed by atoms with van der Waals surface area (Å²) >= 11 is 0. The highest BCUT2D eigenvalue weighted by Gasteiger charge is 2.46. The summed E-state index contributed by atoms with van der Waals surface area (Å²) < 4.78 is 11.0. The van der Waals surface area contributed by atoms with E-state index in [1.807, 2.05) is 27.7 Å². The molecular formula is C8H15NO3. The third kappa shape index (κ3) is 1.76. The third-order valence-corrected chi connectivity index (χ3v) is 1.81. The average Bonchev–Trinajstić information content (AvgIpc) is 2.01. The summed E-state index contributed by atoms with van der Waals surface area (Å²) in [5.41, 5.74) is -0.435. The van der Waals surface area contributed by atoms with Gasteiger partial charge in [-0.3, -0.25) is 0 Å². The summed E-state index contributed by atoms with van der Waals surface area (Å²) in [7, 11) is 0. The summed E-state index contributed by atoms with van der Waals surface area (Å²) in [5.74, 6) is -0.602. The molecule has 1 fully saturated rings. The SMILES string of the molecule is CC1(C)OC(C=NO)C(C)(C)O1. The highest BCUT2D eigenvalue weighted by Crippen LogP contribution is 2.34. The molecule has 1 unspecified atom stereocenters. The molecule has 4 heteroatoms. The van der Waals surface area contributed by atoms with E-state index < -0.39 is 11.4 Å². The van der Waals surface area contributed by atoms with Crippen LogP contribution in [-0.2, 0) is 9.47 Å². The molecule has 0 aromatic rings. The van der Waals surface area contributed by atoms with Crippen molar-refractivity contribution in [2.24, 2.45) is 5.16 Å². The van der Waals surface area contributed by atoms with Crippen LogP contribution in [0.3, 0.4) is 0 Å². The van der Waals surface area contributed by atoms with E-state index in [0.717, 1.165) is 0 Å². The van der Waals surface area contributed by atoms with Crippen molar-refractivity contribution < 1.29 is 14.7 Å². The van der Waals surface area contributed by atoms with Gasteiger partial charge in [0.05, 0.1) is 11.8 Å². The Bertz CT molecular complexity index is 198. The number of hydrogen-bond donors (Lipinski definition) is 1. The van der Waals surface area contributed by atoms with E-state index in [4.69, 9.17) is 14.7 Å². The Balaban J connectivity index is 2.77. The summed E-state index contributed by atoms with van der Waals surface area (Å²) in [6, 6.07) is 0. The smallest absolute Gasteiger partial charge is 0.164 e. The van der Waals surface area contributed by atoms with Crippen LogP contribution in [0.4, 0.5) is 0 Å². The van der Waals surface area contributed by atoms with E-state index in [1.54, 1.807) is 0 Å². The Morgan fingerprint density at radius 2 is 1.92 bits per heavy atom. The van der Waals surface area contributed by atoms with Crippen molar-refractivity contribution >= 4 is 6.21 Å². The van der Waals surface area contributed by atoms with Gasteiger partial charge in [-0.2, -0.15) is 0 Å². The second kappa shape index (κ2) is 2.71. The van der Waals surface area contributed by atoms with Gasteiger partial charge in [0.25, 0.3) is 0 Å². The Labute approximate surface area is 72.2 Å². The van der Waals surface area contributed by atoms with E-state index in [1.165, 1.54) is 6.21 Å². The fourth-order valence-electron chi connectivity index (χ4n) is 1.43. The molecule has 0 saturated carbocycles. The second-order valence-corrected chi connectivity index (χ2v) is 3.91. The van der Waals surface area contributed by atoms with E-state index in [2.05, 4.69) is 5.16 Å². The lowest BCUT2D eigenvalue weighted by atomic mass is 10.0. The molecule has 0 radical (unpaired) electrons. The summed E-state index contributed by atoms with van der Waals surface area (Å²) in [6.45, 7) is 7.46. The molecule has 70 valence electrons. The molecule has 1 rings (SSSR count). The fourth-order valence-corrected chi connectivity index (χ4v) is 1.43. The minimum Gasteiger partial charge on any atom is -0.411 e. The third-order valence-electron chi connectivity index (χ3n) is 1.81. The molecule has 1 atom stereocenters. The predicted octanol–water partition coefficient (Wildman–Crippen LogP) is 1.38. The molecule has 0 amide bonds. The van der Waals surface area contributed by atoms with Crippen LogP contribution < -0.4 is 0 Å². The Hall–Kier alpha value is -0.610. The minimum atomic E-state index is -0.602. The molecule has 1 saturated heterocycles. The summed E-state index contributed by atoms with van der Waals surface area (Å²) in [6.07, 6.45) is 1.05. The summed E-state index contributed by atoms with van der Waals surface area (Å²) in [5, 5.41) is 11.3. The zero-order valence-electron chi connectivity index (χ0n) is 7.87. The highest BCUT2D eigenvalue weighted by molar-refractivity contribution is 5.64. The molecule has 1 heterocycles. The maximum atomic E-state index is 8.36. The number of rotatable bonds is 1. The summed E-state index contributed by atoms with van der Waals surface area (Å²) in [4.78, 5) is 0. The Morgan fingerprint density at radius 3 is 2.25 bits per heavy atom.